The number of benzene rings is 3. The maximum Gasteiger partial charge on any atom is 0.343 e. The number of carbonyl (C=O) groups is 1. The summed E-state index contributed by atoms with van der Waals surface area (Å²) in [5, 5.41) is 0.446. The molecule has 0 saturated carbocycles. The number of anilines is 1. The normalized spacial score (nSPS) is 12.5. The quantitative estimate of drug-likeness (QED) is 0.387. The van der Waals surface area contributed by atoms with Crippen LogP contribution in [0, 0.1) is 0 Å². The van der Waals surface area contributed by atoms with Gasteiger partial charge in [0.2, 0.25) is 6.79 Å². The first-order valence-corrected chi connectivity index (χ1v) is 11.1. The van der Waals surface area contributed by atoms with Gasteiger partial charge in [0.05, 0.1) is 16.3 Å². The van der Waals surface area contributed by atoms with E-state index >= 15 is 0 Å². The zero-order valence-corrected chi connectivity index (χ0v) is 18.4. The van der Waals surface area contributed by atoms with Crippen molar-refractivity contribution in [2.45, 2.75) is 4.90 Å². The Bertz CT molecular complexity index is 1260. The molecule has 4 rings (SSSR count). The Hall–Kier alpha value is -2.94. The second-order valence-corrected chi connectivity index (χ2v) is 9.28. The van der Waals surface area contributed by atoms with Gasteiger partial charge in [0.25, 0.3) is 10.0 Å². The van der Waals surface area contributed by atoms with E-state index in [1.54, 1.807) is 36.4 Å². The molecule has 7 nitrogen and oxygen atoms in total. The summed E-state index contributed by atoms with van der Waals surface area (Å²) in [5.74, 6) is 0.479. The van der Waals surface area contributed by atoms with Crippen LogP contribution in [0.25, 0.3) is 0 Å². The molecule has 0 aliphatic carbocycles. The molecule has 3 aromatic carbocycles. The van der Waals surface area contributed by atoms with Gasteiger partial charge in [0.15, 0.2) is 11.5 Å². The molecular formula is C21H15Cl2NO6S. The number of hydrogen-bond donors (Lipinski definition) is 0. The number of nitrogens with zero attached hydrogens (tertiary/aromatic N) is 1. The first-order chi connectivity index (χ1) is 14.8. The molecule has 0 fully saturated rings. The predicted octanol–water partition coefficient (Wildman–Crippen LogP) is 4.77. The molecule has 0 N–H and O–H groups in total. The van der Waals surface area contributed by atoms with E-state index in [2.05, 4.69) is 0 Å². The summed E-state index contributed by atoms with van der Waals surface area (Å²) in [4.78, 5) is 12.4. The molecule has 0 saturated heterocycles. The van der Waals surface area contributed by atoms with E-state index in [-0.39, 0.29) is 28.0 Å². The topological polar surface area (TPSA) is 82.1 Å². The smallest absolute Gasteiger partial charge is 0.343 e. The molecule has 3 aromatic rings. The molecule has 0 spiro atoms. The van der Waals surface area contributed by atoms with Crippen LogP contribution in [-0.4, -0.2) is 28.2 Å². The van der Waals surface area contributed by atoms with Gasteiger partial charge < -0.3 is 14.2 Å². The van der Waals surface area contributed by atoms with Gasteiger partial charge in [-0.3, -0.25) is 4.31 Å². The molecule has 31 heavy (non-hydrogen) atoms. The predicted molar refractivity (Wildman–Crippen MR) is 116 cm³/mol. The summed E-state index contributed by atoms with van der Waals surface area (Å²) in [7, 11) is -2.68. The van der Waals surface area contributed by atoms with Crippen molar-refractivity contribution in [1.29, 1.82) is 0 Å². The average Bonchev–Trinajstić information content (AvgIpc) is 3.21. The minimum Gasteiger partial charge on any atom is -0.454 e. The van der Waals surface area contributed by atoms with Crippen LogP contribution >= 0.6 is 23.2 Å². The van der Waals surface area contributed by atoms with Crippen molar-refractivity contribution in [1.82, 2.24) is 0 Å². The molecule has 160 valence electrons. The first kappa shape index (κ1) is 21.3. The molecule has 1 aliphatic heterocycles. The summed E-state index contributed by atoms with van der Waals surface area (Å²) < 4.78 is 43.1. The maximum absolute atomic E-state index is 13.1. The van der Waals surface area contributed by atoms with E-state index in [1.165, 1.54) is 31.3 Å². The minimum absolute atomic E-state index is 0.0187. The standard InChI is InChI=1S/C21H15Cl2NO6S/c1-24(15-5-3-14(22)4-6-15)31(26,27)20-10-13(2-8-17(20)23)21(25)30-16-7-9-18-19(11-16)29-12-28-18/h2-11H,12H2,1H3. The Labute approximate surface area is 188 Å². The van der Waals surface area contributed by atoms with Crippen molar-refractivity contribution < 1.29 is 27.4 Å². The number of sulfonamides is 1. The third-order valence-corrected chi connectivity index (χ3v) is 7.07. The summed E-state index contributed by atoms with van der Waals surface area (Å²) in [5.41, 5.74) is 0.402. The highest BCUT2D eigenvalue weighted by atomic mass is 35.5. The van der Waals surface area contributed by atoms with Gasteiger partial charge in [-0.1, -0.05) is 23.2 Å². The molecule has 0 bridgehead atoms. The third-order valence-electron chi connectivity index (χ3n) is 4.55. The Kier molecular flexibility index (Phi) is 5.70. The van der Waals surface area contributed by atoms with E-state index in [1.807, 2.05) is 0 Å². The van der Waals surface area contributed by atoms with Crippen LogP contribution in [0.3, 0.4) is 0 Å². The molecular weight excluding hydrogens is 465 g/mol. The van der Waals surface area contributed by atoms with Crippen LogP contribution in [0.4, 0.5) is 5.69 Å². The number of fused-ring (bicyclic) bond motifs is 1. The van der Waals surface area contributed by atoms with E-state index in [4.69, 9.17) is 37.4 Å². The number of hydrogen-bond acceptors (Lipinski definition) is 6. The number of halogens is 2. The lowest BCUT2D eigenvalue weighted by Gasteiger charge is -2.20. The SMILES string of the molecule is CN(c1ccc(Cl)cc1)S(=O)(=O)c1cc(C(=O)Oc2ccc3c(c2)OCO3)ccc1Cl. The number of esters is 1. The molecule has 0 aromatic heterocycles. The fourth-order valence-corrected chi connectivity index (χ4v) is 4.69. The third kappa shape index (κ3) is 4.27. The second kappa shape index (κ2) is 8.30. The van der Waals surface area contributed by atoms with E-state index in [0.717, 1.165) is 4.31 Å². The fraction of sp³-hybridized carbons (Fsp3) is 0.0952. The van der Waals surface area contributed by atoms with E-state index < -0.39 is 16.0 Å². The van der Waals surface area contributed by atoms with Crippen molar-refractivity contribution in [3.63, 3.8) is 0 Å². The Morgan fingerprint density at radius 2 is 1.68 bits per heavy atom. The van der Waals surface area contributed by atoms with Crippen molar-refractivity contribution in [2.75, 3.05) is 18.1 Å². The largest absolute Gasteiger partial charge is 0.454 e. The average molecular weight is 480 g/mol. The molecule has 1 heterocycles. The van der Waals surface area contributed by atoms with Gasteiger partial charge in [-0.25, -0.2) is 13.2 Å². The van der Waals surface area contributed by atoms with Crippen molar-refractivity contribution in [2.24, 2.45) is 0 Å². The molecule has 1 aliphatic rings. The van der Waals surface area contributed by atoms with Crippen LogP contribution in [0.2, 0.25) is 10.0 Å². The maximum atomic E-state index is 13.1. The summed E-state index contributed by atoms with van der Waals surface area (Å²) in [6, 6.07) is 14.8. The lowest BCUT2D eigenvalue weighted by Crippen LogP contribution is -2.27. The van der Waals surface area contributed by atoms with E-state index in [0.29, 0.717) is 22.2 Å². The zero-order chi connectivity index (χ0) is 22.2. The van der Waals surface area contributed by atoms with Crippen LogP contribution in [0.5, 0.6) is 17.2 Å². The lowest BCUT2D eigenvalue weighted by molar-refractivity contribution is 0.0734. The van der Waals surface area contributed by atoms with Crippen LogP contribution < -0.4 is 18.5 Å². The highest BCUT2D eigenvalue weighted by molar-refractivity contribution is 7.93. The van der Waals surface area contributed by atoms with Crippen LogP contribution in [0.15, 0.2) is 65.6 Å². The Morgan fingerprint density at radius 3 is 2.42 bits per heavy atom. The Balaban J connectivity index is 1.61. The number of rotatable bonds is 5. The molecule has 0 atom stereocenters. The second-order valence-electron chi connectivity index (χ2n) is 6.50. The van der Waals surface area contributed by atoms with Gasteiger partial charge in [-0.2, -0.15) is 0 Å². The number of carbonyl (C=O) groups excluding carboxylic acids is 1. The summed E-state index contributed by atoms with van der Waals surface area (Å²) in [6.45, 7) is 0.0896. The van der Waals surface area contributed by atoms with Crippen molar-refractivity contribution >= 4 is 44.9 Å². The fourth-order valence-electron chi connectivity index (χ4n) is 2.87. The van der Waals surface area contributed by atoms with Gasteiger partial charge in [0, 0.05) is 18.1 Å². The molecule has 0 radical (unpaired) electrons. The summed E-state index contributed by atoms with van der Waals surface area (Å²) >= 11 is 12.0. The number of ether oxygens (including phenoxy) is 3. The van der Waals surface area contributed by atoms with Gasteiger partial charge >= 0.3 is 5.97 Å². The highest BCUT2D eigenvalue weighted by Crippen LogP contribution is 2.35. The lowest BCUT2D eigenvalue weighted by atomic mass is 10.2. The zero-order valence-electron chi connectivity index (χ0n) is 16.0. The van der Waals surface area contributed by atoms with Gasteiger partial charge in [0.1, 0.15) is 10.6 Å². The first-order valence-electron chi connectivity index (χ1n) is 8.91. The van der Waals surface area contributed by atoms with Crippen LogP contribution in [0.1, 0.15) is 10.4 Å². The molecule has 0 unspecified atom stereocenters. The van der Waals surface area contributed by atoms with E-state index in [9.17, 15) is 13.2 Å². The molecule has 10 heteroatoms. The minimum atomic E-state index is -4.06. The monoisotopic (exact) mass is 479 g/mol. The molecule has 0 amide bonds. The van der Waals surface area contributed by atoms with Crippen LogP contribution in [-0.2, 0) is 10.0 Å². The van der Waals surface area contributed by atoms with Gasteiger partial charge in [-0.05, 0) is 54.6 Å². The Morgan fingerprint density at radius 1 is 0.968 bits per heavy atom. The summed E-state index contributed by atoms with van der Waals surface area (Å²) in [6.07, 6.45) is 0. The van der Waals surface area contributed by atoms with Crippen molar-refractivity contribution in [3.8, 4) is 17.2 Å². The highest BCUT2D eigenvalue weighted by Gasteiger charge is 2.26. The van der Waals surface area contributed by atoms with Gasteiger partial charge in [-0.15, -0.1) is 0 Å². The van der Waals surface area contributed by atoms with Crippen molar-refractivity contribution in [3.05, 3.63) is 76.3 Å².